The summed E-state index contributed by atoms with van der Waals surface area (Å²) in [6.07, 6.45) is 0. The maximum absolute atomic E-state index is 11.7. The number of rotatable bonds is 0. The van der Waals surface area contributed by atoms with Crippen LogP contribution in [0.2, 0.25) is 0 Å². The first-order chi connectivity index (χ1) is 6.57. The van der Waals surface area contributed by atoms with Crippen LogP contribution in [0.15, 0.2) is 21.5 Å². The van der Waals surface area contributed by atoms with E-state index in [1.807, 2.05) is 0 Å². The summed E-state index contributed by atoms with van der Waals surface area (Å²) in [7, 11) is -1.91. The van der Waals surface area contributed by atoms with Gasteiger partial charge in [-0.1, -0.05) is 5.16 Å². The average molecular weight is 232 g/mol. The summed E-state index contributed by atoms with van der Waals surface area (Å²) >= 11 is 1.27. The van der Waals surface area contributed by atoms with E-state index in [0.717, 1.165) is 4.31 Å². The zero-order valence-corrected chi connectivity index (χ0v) is 8.97. The van der Waals surface area contributed by atoms with Crippen LogP contribution in [-0.2, 0) is 10.0 Å². The lowest BCUT2D eigenvalue weighted by Crippen LogP contribution is -2.37. The fraction of sp³-hybridized carbons (Fsp3) is 0.286. The molecule has 0 spiro atoms. The molecule has 0 fully saturated rings. The van der Waals surface area contributed by atoms with Crippen LogP contribution in [0, 0.1) is 0 Å². The molecule has 0 bridgehead atoms. The summed E-state index contributed by atoms with van der Waals surface area (Å²) < 4.78 is 24.6. The van der Waals surface area contributed by atoms with Crippen molar-refractivity contribution in [2.45, 2.75) is 4.90 Å². The SMILES string of the molecule is CN1C/C(=N\O)c2sccc2S1(=O)=O. The normalized spacial score (nSPS) is 23.6. The van der Waals surface area contributed by atoms with Gasteiger partial charge < -0.3 is 5.21 Å². The molecule has 14 heavy (non-hydrogen) atoms. The first kappa shape index (κ1) is 9.63. The molecule has 0 atom stereocenters. The molecule has 0 saturated carbocycles. The van der Waals surface area contributed by atoms with Gasteiger partial charge in [-0.15, -0.1) is 11.3 Å². The first-order valence-corrected chi connectivity index (χ1v) is 6.14. The third-order valence-electron chi connectivity index (χ3n) is 2.07. The molecule has 2 heterocycles. The summed E-state index contributed by atoms with van der Waals surface area (Å²) in [5.74, 6) is 0. The van der Waals surface area contributed by atoms with Gasteiger partial charge in [-0.3, -0.25) is 0 Å². The Morgan fingerprint density at radius 2 is 2.36 bits per heavy atom. The van der Waals surface area contributed by atoms with Crippen molar-refractivity contribution in [3.05, 3.63) is 16.3 Å². The van der Waals surface area contributed by atoms with Crippen LogP contribution in [0.5, 0.6) is 0 Å². The number of nitrogens with zero attached hydrogens (tertiary/aromatic N) is 2. The smallest absolute Gasteiger partial charge is 0.244 e. The molecular formula is C7H8N2O3S2. The van der Waals surface area contributed by atoms with E-state index in [4.69, 9.17) is 5.21 Å². The summed E-state index contributed by atoms with van der Waals surface area (Å²) in [6, 6.07) is 1.52. The molecule has 5 nitrogen and oxygen atoms in total. The molecular weight excluding hydrogens is 224 g/mol. The Bertz CT molecular complexity index is 489. The van der Waals surface area contributed by atoms with E-state index in [-0.39, 0.29) is 11.4 Å². The number of sulfonamides is 1. The minimum Gasteiger partial charge on any atom is -0.411 e. The molecule has 1 N–H and O–H groups in total. The second-order valence-electron chi connectivity index (χ2n) is 2.92. The lowest BCUT2D eigenvalue weighted by atomic mass is 10.3. The predicted molar refractivity (Wildman–Crippen MR) is 52.5 cm³/mol. The van der Waals surface area contributed by atoms with E-state index in [2.05, 4.69) is 5.16 Å². The van der Waals surface area contributed by atoms with Crippen LogP contribution in [0.25, 0.3) is 0 Å². The Morgan fingerprint density at radius 1 is 1.64 bits per heavy atom. The summed E-state index contributed by atoms with van der Waals surface area (Å²) in [5.41, 5.74) is 0.396. The van der Waals surface area contributed by atoms with Gasteiger partial charge in [0.25, 0.3) is 0 Å². The topological polar surface area (TPSA) is 70.0 Å². The summed E-state index contributed by atoms with van der Waals surface area (Å²) in [5, 5.41) is 13.5. The number of oxime groups is 1. The van der Waals surface area contributed by atoms with E-state index >= 15 is 0 Å². The van der Waals surface area contributed by atoms with Gasteiger partial charge in [0.15, 0.2) is 0 Å². The highest BCUT2D eigenvalue weighted by atomic mass is 32.2. The standard InChI is InChI=1S/C7H8N2O3S2/c1-9-4-5(8-10)7-6(2-3-13-7)14(9,11)12/h2-3,10H,4H2,1H3/b8-5+. The zero-order chi connectivity index (χ0) is 10.3. The van der Waals surface area contributed by atoms with Crippen LogP contribution in [0.4, 0.5) is 0 Å². The Labute approximate surface area is 85.3 Å². The van der Waals surface area contributed by atoms with Crippen molar-refractivity contribution in [1.82, 2.24) is 4.31 Å². The van der Waals surface area contributed by atoms with Gasteiger partial charge in [-0.05, 0) is 11.4 Å². The highest BCUT2D eigenvalue weighted by Gasteiger charge is 2.33. The molecule has 76 valence electrons. The molecule has 1 aromatic heterocycles. The number of hydrogen-bond acceptors (Lipinski definition) is 5. The van der Waals surface area contributed by atoms with Crippen molar-refractivity contribution < 1.29 is 13.6 Å². The van der Waals surface area contributed by atoms with Crippen molar-refractivity contribution in [2.75, 3.05) is 13.6 Å². The van der Waals surface area contributed by atoms with Gasteiger partial charge in [0.2, 0.25) is 10.0 Å². The minimum absolute atomic E-state index is 0.117. The van der Waals surface area contributed by atoms with Crippen molar-refractivity contribution in [3.8, 4) is 0 Å². The lowest BCUT2D eigenvalue weighted by molar-refractivity contribution is 0.316. The van der Waals surface area contributed by atoms with Crippen LogP contribution in [-0.4, -0.2) is 37.2 Å². The number of thiophene rings is 1. The highest BCUT2D eigenvalue weighted by Crippen LogP contribution is 2.29. The molecule has 0 aliphatic carbocycles. The van der Waals surface area contributed by atoms with Gasteiger partial charge >= 0.3 is 0 Å². The summed E-state index contributed by atoms with van der Waals surface area (Å²) in [6.45, 7) is 0.117. The third-order valence-corrected chi connectivity index (χ3v) is 5.01. The van der Waals surface area contributed by atoms with Gasteiger partial charge in [0.05, 0.1) is 11.4 Å². The molecule has 0 radical (unpaired) electrons. The Morgan fingerprint density at radius 3 is 3.00 bits per heavy atom. The van der Waals surface area contributed by atoms with E-state index < -0.39 is 10.0 Å². The fourth-order valence-electron chi connectivity index (χ4n) is 1.32. The first-order valence-electron chi connectivity index (χ1n) is 3.82. The Hall–Kier alpha value is -0.920. The summed E-state index contributed by atoms with van der Waals surface area (Å²) in [4.78, 5) is 0.759. The molecule has 0 saturated heterocycles. The van der Waals surface area contributed by atoms with Crippen molar-refractivity contribution >= 4 is 27.1 Å². The molecule has 2 rings (SSSR count). The van der Waals surface area contributed by atoms with Gasteiger partial charge in [0, 0.05) is 7.05 Å². The van der Waals surface area contributed by atoms with Crippen molar-refractivity contribution in [2.24, 2.45) is 5.16 Å². The molecule has 0 unspecified atom stereocenters. The zero-order valence-electron chi connectivity index (χ0n) is 7.34. The van der Waals surface area contributed by atoms with E-state index in [1.165, 1.54) is 24.5 Å². The highest BCUT2D eigenvalue weighted by molar-refractivity contribution is 7.89. The fourth-order valence-corrected chi connectivity index (χ4v) is 3.86. The van der Waals surface area contributed by atoms with Gasteiger partial charge in [0.1, 0.15) is 10.6 Å². The maximum atomic E-state index is 11.7. The van der Waals surface area contributed by atoms with Crippen molar-refractivity contribution in [3.63, 3.8) is 0 Å². The number of hydrogen-bond donors (Lipinski definition) is 1. The second kappa shape index (κ2) is 3.04. The average Bonchev–Trinajstić information content (AvgIpc) is 2.61. The van der Waals surface area contributed by atoms with Crippen LogP contribution >= 0.6 is 11.3 Å². The lowest BCUT2D eigenvalue weighted by Gasteiger charge is -2.22. The molecule has 7 heteroatoms. The Kier molecular flexibility index (Phi) is 2.09. The third kappa shape index (κ3) is 1.17. The van der Waals surface area contributed by atoms with E-state index in [0.29, 0.717) is 10.6 Å². The maximum Gasteiger partial charge on any atom is 0.244 e. The van der Waals surface area contributed by atoms with Crippen LogP contribution in [0.3, 0.4) is 0 Å². The molecule has 1 aliphatic rings. The number of likely N-dealkylation sites (N-methyl/N-ethyl adjacent to an activating group) is 1. The second-order valence-corrected chi connectivity index (χ2v) is 5.85. The minimum atomic E-state index is -3.37. The Balaban J connectivity index is 2.71. The monoisotopic (exact) mass is 232 g/mol. The van der Waals surface area contributed by atoms with Crippen molar-refractivity contribution in [1.29, 1.82) is 0 Å². The van der Waals surface area contributed by atoms with E-state index in [1.54, 1.807) is 5.38 Å². The quantitative estimate of drug-likeness (QED) is 0.525. The molecule has 1 aromatic rings. The van der Waals surface area contributed by atoms with Crippen LogP contribution < -0.4 is 0 Å². The number of fused-ring (bicyclic) bond motifs is 1. The largest absolute Gasteiger partial charge is 0.411 e. The molecule has 0 amide bonds. The van der Waals surface area contributed by atoms with E-state index in [9.17, 15) is 8.42 Å². The van der Waals surface area contributed by atoms with Crippen LogP contribution in [0.1, 0.15) is 4.88 Å². The van der Waals surface area contributed by atoms with Gasteiger partial charge in [-0.2, -0.15) is 4.31 Å². The molecule has 1 aliphatic heterocycles. The predicted octanol–water partition coefficient (Wildman–Crippen LogP) is 0.560. The van der Waals surface area contributed by atoms with Gasteiger partial charge in [-0.25, -0.2) is 8.42 Å². The molecule has 0 aromatic carbocycles.